The number of hydrogen-bond donors (Lipinski definition) is 1. The van der Waals surface area contributed by atoms with Crippen LogP contribution in [0.1, 0.15) is 52.4 Å². The minimum Gasteiger partial charge on any atom is -0.325 e. The van der Waals surface area contributed by atoms with E-state index in [1.54, 1.807) is 0 Å². The van der Waals surface area contributed by atoms with Crippen LogP contribution in [0, 0.1) is 18.8 Å². The maximum absolute atomic E-state index is 6.38. The van der Waals surface area contributed by atoms with Gasteiger partial charge in [0.1, 0.15) is 0 Å². The van der Waals surface area contributed by atoms with Crippen LogP contribution >= 0.6 is 0 Å². The summed E-state index contributed by atoms with van der Waals surface area (Å²) in [5, 5.41) is 0. The first-order chi connectivity index (χ1) is 5.52. The van der Waals surface area contributed by atoms with Crippen molar-refractivity contribution in [3.63, 3.8) is 0 Å². The number of rotatable bonds is 0. The molecule has 1 heteroatoms. The molecule has 3 unspecified atom stereocenters. The molecule has 0 heterocycles. The van der Waals surface area contributed by atoms with Crippen LogP contribution in [0.15, 0.2) is 0 Å². The lowest BCUT2D eigenvalue weighted by Crippen LogP contribution is -2.52. The van der Waals surface area contributed by atoms with Crippen molar-refractivity contribution in [2.45, 2.75) is 57.9 Å². The Morgan fingerprint density at radius 1 is 1.23 bits per heavy atom. The predicted octanol–water partition coefficient (Wildman–Crippen LogP) is 3.02. The second kappa shape index (κ2) is 3.27. The highest BCUT2D eigenvalue weighted by atomic mass is 14.8. The average Bonchev–Trinajstić information content (AvgIpc) is 1.79. The van der Waals surface area contributed by atoms with Crippen LogP contribution in [-0.2, 0) is 0 Å². The lowest BCUT2D eigenvalue weighted by molar-refractivity contribution is 0.0408. The molecule has 0 aliphatic heterocycles. The van der Waals surface area contributed by atoms with Gasteiger partial charge in [0.25, 0.3) is 0 Å². The Balaban J connectivity index is 0.000000845. The number of nitrogens with two attached hydrogens (primary N) is 1. The van der Waals surface area contributed by atoms with Gasteiger partial charge in [0.2, 0.25) is 0 Å². The average molecular weight is 181 g/mol. The topological polar surface area (TPSA) is 26.0 Å². The summed E-state index contributed by atoms with van der Waals surface area (Å²) in [5.74, 6) is 0.856. The van der Waals surface area contributed by atoms with Gasteiger partial charge in [-0.15, -0.1) is 0 Å². The molecule has 2 fully saturated rings. The molecule has 0 spiro atoms. The fourth-order valence-electron chi connectivity index (χ4n) is 3.85. The number of hydrogen-bond acceptors (Lipinski definition) is 1. The zero-order chi connectivity index (χ0) is 8.82. The van der Waals surface area contributed by atoms with Gasteiger partial charge in [-0.3, -0.25) is 0 Å². The van der Waals surface area contributed by atoms with Crippen molar-refractivity contribution in [3.05, 3.63) is 7.43 Å². The van der Waals surface area contributed by atoms with Gasteiger partial charge in [0.05, 0.1) is 0 Å². The molecule has 2 rings (SSSR count). The first kappa shape index (κ1) is 11.0. The van der Waals surface area contributed by atoms with Gasteiger partial charge >= 0.3 is 0 Å². The van der Waals surface area contributed by atoms with Crippen molar-refractivity contribution in [2.24, 2.45) is 17.1 Å². The van der Waals surface area contributed by atoms with E-state index >= 15 is 0 Å². The van der Waals surface area contributed by atoms with E-state index in [4.69, 9.17) is 5.73 Å². The summed E-state index contributed by atoms with van der Waals surface area (Å²) in [5.41, 5.74) is 7.18. The minimum atomic E-state index is 0. The molecule has 2 aliphatic rings. The highest BCUT2D eigenvalue weighted by Crippen LogP contribution is 2.51. The van der Waals surface area contributed by atoms with E-state index in [-0.39, 0.29) is 13.0 Å². The second-order valence-electron chi connectivity index (χ2n) is 5.72. The monoisotopic (exact) mass is 181 g/mol. The molecule has 3 atom stereocenters. The first-order valence-electron chi connectivity index (χ1n) is 5.30. The predicted molar refractivity (Wildman–Crippen MR) is 57.2 cm³/mol. The Morgan fingerprint density at radius 3 is 2.54 bits per heavy atom. The zero-order valence-electron chi connectivity index (χ0n) is 9.10. The van der Waals surface area contributed by atoms with Gasteiger partial charge in [-0.1, -0.05) is 27.7 Å². The van der Waals surface area contributed by atoms with Crippen molar-refractivity contribution in [1.29, 1.82) is 0 Å². The molecule has 1 nitrogen and oxygen atoms in total. The molecule has 13 heavy (non-hydrogen) atoms. The van der Waals surface area contributed by atoms with E-state index in [2.05, 4.69) is 13.8 Å². The fourth-order valence-corrected chi connectivity index (χ4v) is 3.85. The van der Waals surface area contributed by atoms with Gasteiger partial charge < -0.3 is 5.73 Å². The third-order valence-electron chi connectivity index (χ3n) is 3.83. The van der Waals surface area contributed by atoms with Gasteiger partial charge in [-0.05, 0) is 43.4 Å². The van der Waals surface area contributed by atoms with Crippen molar-refractivity contribution in [3.8, 4) is 0 Å². The summed E-state index contributed by atoms with van der Waals surface area (Å²) in [6.45, 7) is 4.80. The van der Waals surface area contributed by atoms with Crippen LogP contribution in [0.2, 0.25) is 0 Å². The van der Waals surface area contributed by atoms with Crippen molar-refractivity contribution >= 4 is 0 Å². The van der Waals surface area contributed by atoms with Gasteiger partial charge in [0.15, 0.2) is 0 Å². The van der Waals surface area contributed by atoms with Crippen LogP contribution in [0.5, 0.6) is 0 Å². The van der Waals surface area contributed by atoms with Crippen LogP contribution in [0.3, 0.4) is 0 Å². The molecule has 0 aromatic heterocycles. The molecule has 2 N–H and O–H groups in total. The van der Waals surface area contributed by atoms with Crippen LogP contribution in [-0.4, -0.2) is 5.54 Å². The minimum absolute atomic E-state index is 0. The van der Waals surface area contributed by atoms with Crippen LogP contribution < -0.4 is 5.73 Å². The molecule has 0 aromatic carbocycles. The van der Waals surface area contributed by atoms with Gasteiger partial charge in [-0.2, -0.15) is 0 Å². The van der Waals surface area contributed by atoms with E-state index in [0.717, 1.165) is 5.92 Å². The molecule has 0 amide bonds. The highest BCUT2D eigenvalue weighted by Gasteiger charge is 2.45. The Bertz CT molecular complexity index is 172. The summed E-state index contributed by atoms with van der Waals surface area (Å²) in [6.07, 6.45) is 8.00. The second-order valence-corrected chi connectivity index (χ2v) is 5.72. The van der Waals surface area contributed by atoms with Crippen LogP contribution in [0.25, 0.3) is 0 Å². The van der Waals surface area contributed by atoms with E-state index in [1.165, 1.54) is 38.5 Å². The zero-order valence-corrected chi connectivity index (χ0v) is 9.10. The van der Waals surface area contributed by atoms with Gasteiger partial charge in [-0.25, -0.2) is 0 Å². The molecule has 2 bridgehead atoms. The Labute approximate surface area is 83.1 Å². The molecule has 0 saturated heterocycles. The third-order valence-corrected chi connectivity index (χ3v) is 3.83. The van der Waals surface area contributed by atoms with E-state index in [1.807, 2.05) is 0 Å². The summed E-state index contributed by atoms with van der Waals surface area (Å²) in [7, 11) is 0. The molecule has 2 saturated carbocycles. The largest absolute Gasteiger partial charge is 0.325 e. The molecule has 0 aromatic rings. The quantitative estimate of drug-likeness (QED) is 0.611. The summed E-state index contributed by atoms with van der Waals surface area (Å²) in [4.78, 5) is 0. The van der Waals surface area contributed by atoms with Crippen LogP contribution in [0.4, 0.5) is 0 Å². The van der Waals surface area contributed by atoms with Crippen molar-refractivity contribution in [2.75, 3.05) is 0 Å². The lowest BCUT2D eigenvalue weighted by Gasteiger charge is -2.51. The molecular formula is C12H23N. The summed E-state index contributed by atoms with van der Waals surface area (Å²) >= 11 is 0. The summed E-state index contributed by atoms with van der Waals surface area (Å²) in [6, 6.07) is 0. The molecule has 2 radical (unpaired) electrons. The Morgan fingerprint density at radius 2 is 1.92 bits per heavy atom. The van der Waals surface area contributed by atoms with E-state index in [9.17, 15) is 0 Å². The van der Waals surface area contributed by atoms with Crippen molar-refractivity contribution in [1.82, 2.24) is 0 Å². The lowest BCUT2D eigenvalue weighted by atomic mass is 9.57. The Kier molecular flexibility index (Phi) is 2.78. The standard InChI is InChI=1S/C11H21N.CH2/c1-9-6-10(2)4-3-5-11(12,7-9)8-10;/h9H,3-8,12H2,1-2H3;1H2. The molecule has 76 valence electrons. The SMILES string of the molecule is CC1CC2(C)CCCC(N)(C1)C2.[CH2]. The molecule has 2 aliphatic carbocycles. The van der Waals surface area contributed by atoms with Crippen molar-refractivity contribution < 1.29 is 0 Å². The third kappa shape index (κ3) is 2.07. The smallest absolute Gasteiger partial charge is 0.0162 e. The van der Waals surface area contributed by atoms with E-state index < -0.39 is 0 Å². The summed E-state index contributed by atoms with van der Waals surface area (Å²) < 4.78 is 0. The maximum atomic E-state index is 6.38. The number of fused-ring (bicyclic) bond motifs is 2. The normalized spacial score (nSPS) is 49.6. The fraction of sp³-hybridized carbons (Fsp3) is 0.917. The maximum Gasteiger partial charge on any atom is 0.0162 e. The molecular weight excluding hydrogens is 158 g/mol. The first-order valence-corrected chi connectivity index (χ1v) is 5.30. The van der Waals surface area contributed by atoms with Gasteiger partial charge in [0, 0.05) is 5.54 Å². The Hall–Kier alpha value is -0.0400. The highest BCUT2D eigenvalue weighted by molar-refractivity contribution is 5.01. The van der Waals surface area contributed by atoms with E-state index in [0.29, 0.717) is 5.41 Å².